The van der Waals surface area contributed by atoms with Gasteiger partial charge >= 0.3 is 5.97 Å². The van der Waals surface area contributed by atoms with Crippen molar-refractivity contribution >= 4 is 34.6 Å². The molecular formula is C15H12ClFN6O2. The third kappa shape index (κ3) is 2.66. The van der Waals surface area contributed by atoms with E-state index in [0.717, 1.165) is 19.0 Å². The highest BCUT2D eigenvalue weighted by molar-refractivity contribution is 6.30. The first-order valence-electron chi connectivity index (χ1n) is 7.56. The standard InChI is InChI=1S/C15H12ClFN6O2/c16-13-8(4-7(17)5-18-13)10-2-1-3-23(10)15-19-6-9-11(20-15)12(14(24)25)22-21-9/h4-6,10H,1-3H2,(H,21,22)(H,24,25). The summed E-state index contributed by atoms with van der Waals surface area (Å²) in [6, 6.07) is 1.13. The average molecular weight is 363 g/mol. The number of nitrogens with one attached hydrogen (secondary N) is 1. The fraction of sp³-hybridized carbons (Fsp3) is 0.267. The second-order valence-electron chi connectivity index (χ2n) is 5.69. The first kappa shape index (κ1) is 15.7. The van der Waals surface area contributed by atoms with E-state index in [1.807, 2.05) is 4.90 Å². The van der Waals surface area contributed by atoms with E-state index in [9.17, 15) is 14.3 Å². The smallest absolute Gasteiger partial charge is 0.358 e. The van der Waals surface area contributed by atoms with Crippen molar-refractivity contribution in [2.75, 3.05) is 11.4 Å². The molecule has 0 amide bonds. The lowest BCUT2D eigenvalue weighted by molar-refractivity contribution is 0.0692. The van der Waals surface area contributed by atoms with Gasteiger partial charge in [-0.05, 0) is 18.9 Å². The molecule has 0 bridgehead atoms. The maximum atomic E-state index is 13.6. The van der Waals surface area contributed by atoms with Gasteiger partial charge < -0.3 is 10.0 Å². The Hall–Kier alpha value is -2.81. The molecule has 1 fully saturated rings. The van der Waals surface area contributed by atoms with Gasteiger partial charge in [0.2, 0.25) is 5.95 Å². The first-order chi connectivity index (χ1) is 12.0. The molecule has 0 saturated carbocycles. The lowest BCUT2D eigenvalue weighted by Gasteiger charge is -2.25. The highest BCUT2D eigenvalue weighted by atomic mass is 35.5. The largest absolute Gasteiger partial charge is 0.476 e. The van der Waals surface area contributed by atoms with Crippen LogP contribution in [0.5, 0.6) is 0 Å². The zero-order chi connectivity index (χ0) is 17.6. The zero-order valence-corrected chi connectivity index (χ0v) is 13.5. The minimum absolute atomic E-state index is 0.167. The van der Waals surface area contributed by atoms with Gasteiger partial charge in [0.05, 0.1) is 18.4 Å². The predicted octanol–water partition coefficient (Wildman–Crippen LogP) is 2.58. The lowest BCUT2D eigenvalue weighted by atomic mass is 10.1. The Labute approximate surface area is 145 Å². The number of anilines is 1. The number of halogens is 2. The summed E-state index contributed by atoms with van der Waals surface area (Å²) >= 11 is 6.14. The molecule has 8 nitrogen and oxygen atoms in total. The summed E-state index contributed by atoms with van der Waals surface area (Å²) in [6.45, 7) is 0.642. The molecule has 1 unspecified atom stereocenters. The molecule has 0 radical (unpaired) electrons. The van der Waals surface area contributed by atoms with E-state index < -0.39 is 11.8 Å². The Morgan fingerprint density at radius 1 is 1.40 bits per heavy atom. The second-order valence-corrected chi connectivity index (χ2v) is 6.05. The first-order valence-corrected chi connectivity index (χ1v) is 7.94. The topological polar surface area (TPSA) is 108 Å². The van der Waals surface area contributed by atoms with Gasteiger partial charge in [-0.3, -0.25) is 5.10 Å². The van der Waals surface area contributed by atoms with E-state index in [-0.39, 0.29) is 22.4 Å². The highest BCUT2D eigenvalue weighted by Gasteiger charge is 2.31. The molecule has 3 aromatic rings. The number of carboxylic acids is 1. The summed E-state index contributed by atoms with van der Waals surface area (Å²) < 4.78 is 13.6. The van der Waals surface area contributed by atoms with Crippen LogP contribution in [0.15, 0.2) is 18.5 Å². The molecule has 10 heteroatoms. The van der Waals surface area contributed by atoms with Crippen LogP contribution < -0.4 is 4.90 Å². The van der Waals surface area contributed by atoms with Gasteiger partial charge in [-0.1, -0.05) is 11.6 Å². The van der Waals surface area contributed by atoms with Crippen molar-refractivity contribution in [2.24, 2.45) is 0 Å². The number of carboxylic acid groups (broad SMARTS) is 1. The van der Waals surface area contributed by atoms with Crippen LogP contribution in [0.25, 0.3) is 11.0 Å². The van der Waals surface area contributed by atoms with Crippen molar-refractivity contribution in [3.63, 3.8) is 0 Å². The number of aromatic carboxylic acids is 1. The van der Waals surface area contributed by atoms with E-state index in [4.69, 9.17) is 11.6 Å². The molecule has 25 heavy (non-hydrogen) atoms. The average Bonchev–Trinajstić information content (AvgIpc) is 3.22. The molecule has 1 aliphatic heterocycles. The van der Waals surface area contributed by atoms with Crippen LogP contribution in [0.1, 0.15) is 34.9 Å². The van der Waals surface area contributed by atoms with E-state index in [0.29, 0.717) is 23.6 Å². The summed E-state index contributed by atoms with van der Waals surface area (Å²) in [5.41, 5.74) is 1.06. The summed E-state index contributed by atoms with van der Waals surface area (Å²) in [6.07, 6.45) is 4.13. The monoisotopic (exact) mass is 362 g/mol. The number of hydrogen-bond acceptors (Lipinski definition) is 6. The van der Waals surface area contributed by atoms with Crippen LogP contribution in [-0.2, 0) is 0 Å². The van der Waals surface area contributed by atoms with Gasteiger partial charge in [0.25, 0.3) is 0 Å². The molecular weight excluding hydrogens is 351 g/mol. The Morgan fingerprint density at radius 2 is 2.24 bits per heavy atom. The van der Waals surface area contributed by atoms with Gasteiger partial charge in [-0.15, -0.1) is 0 Å². The summed E-state index contributed by atoms with van der Waals surface area (Å²) in [7, 11) is 0. The number of pyridine rings is 1. The van der Waals surface area contributed by atoms with Crippen LogP contribution in [0.4, 0.5) is 10.3 Å². The molecule has 128 valence electrons. The fourth-order valence-corrected chi connectivity index (χ4v) is 3.32. The fourth-order valence-electron chi connectivity index (χ4n) is 3.09. The maximum Gasteiger partial charge on any atom is 0.358 e. The summed E-state index contributed by atoms with van der Waals surface area (Å²) in [4.78, 5) is 25.6. The number of hydrogen-bond donors (Lipinski definition) is 2. The Morgan fingerprint density at radius 3 is 3.04 bits per heavy atom. The SMILES string of the molecule is O=C(O)c1n[nH]c2cnc(N3CCCC3c3cc(F)cnc3Cl)nc12. The number of fused-ring (bicyclic) bond motifs is 1. The van der Waals surface area contributed by atoms with Crippen molar-refractivity contribution in [3.8, 4) is 0 Å². The van der Waals surface area contributed by atoms with Gasteiger partial charge in [0.1, 0.15) is 22.0 Å². The molecule has 0 aromatic carbocycles. The van der Waals surface area contributed by atoms with Crippen molar-refractivity contribution < 1.29 is 14.3 Å². The molecule has 3 aromatic heterocycles. The van der Waals surface area contributed by atoms with Crippen LogP contribution in [0.3, 0.4) is 0 Å². The van der Waals surface area contributed by atoms with Crippen LogP contribution >= 0.6 is 11.6 Å². The number of rotatable bonds is 3. The van der Waals surface area contributed by atoms with Crippen molar-refractivity contribution in [3.05, 3.63) is 40.7 Å². The number of carbonyl (C=O) groups is 1. The van der Waals surface area contributed by atoms with Crippen LogP contribution in [0.2, 0.25) is 5.15 Å². The summed E-state index contributed by atoms with van der Waals surface area (Å²) in [5.74, 6) is -1.30. The van der Waals surface area contributed by atoms with Crippen LogP contribution in [0, 0.1) is 5.82 Å². The molecule has 4 rings (SSSR count). The molecule has 1 saturated heterocycles. The third-order valence-corrected chi connectivity index (χ3v) is 4.51. The molecule has 1 aliphatic rings. The highest BCUT2D eigenvalue weighted by Crippen LogP contribution is 2.37. The lowest BCUT2D eigenvalue weighted by Crippen LogP contribution is -2.25. The van der Waals surface area contributed by atoms with E-state index in [1.165, 1.54) is 12.3 Å². The second kappa shape index (κ2) is 5.92. The molecule has 2 N–H and O–H groups in total. The van der Waals surface area contributed by atoms with E-state index in [1.54, 1.807) is 0 Å². The molecule has 0 spiro atoms. The number of nitrogens with zero attached hydrogens (tertiary/aromatic N) is 5. The van der Waals surface area contributed by atoms with Crippen molar-refractivity contribution in [1.29, 1.82) is 0 Å². The summed E-state index contributed by atoms with van der Waals surface area (Å²) in [5, 5.41) is 15.8. The van der Waals surface area contributed by atoms with Gasteiger partial charge in [0.15, 0.2) is 5.69 Å². The Bertz CT molecular complexity index is 978. The normalized spacial score (nSPS) is 17.4. The number of aromatic amines is 1. The molecule has 1 atom stereocenters. The minimum Gasteiger partial charge on any atom is -0.476 e. The third-order valence-electron chi connectivity index (χ3n) is 4.19. The zero-order valence-electron chi connectivity index (χ0n) is 12.8. The number of H-pyrrole nitrogens is 1. The molecule has 4 heterocycles. The van der Waals surface area contributed by atoms with Gasteiger partial charge in [-0.25, -0.2) is 24.1 Å². The number of aromatic nitrogens is 5. The van der Waals surface area contributed by atoms with E-state index in [2.05, 4.69) is 25.1 Å². The van der Waals surface area contributed by atoms with Crippen LogP contribution in [-0.4, -0.2) is 42.8 Å². The predicted molar refractivity (Wildman–Crippen MR) is 87.2 cm³/mol. The van der Waals surface area contributed by atoms with E-state index >= 15 is 0 Å². The molecule has 0 aliphatic carbocycles. The van der Waals surface area contributed by atoms with Crippen molar-refractivity contribution in [2.45, 2.75) is 18.9 Å². The Balaban J connectivity index is 1.77. The quantitative estimate of drug-likeness (QED) is 0.689. The van der Waals surface area contributed by atoms with Gasteiger partial charge in [-0.2, -0.15) is 5.10 Å². The van der Waals surface area contributed by atoms with Crippen molar-refractivity contribution in [1.82, 2.24) is 25.1 Å². The van der Waals surface area contributed by atoms with Gasteiger partial charge in [0, 0.05) is 12.1 Å². The maximum absolute atomic E-state index is 13.6. The Kier molecular flexibility index (Phi) is 3.72. The minimum atomic E-state index is -1.17.